The van der Waals surface area contributed by atoms with E-state index in [1.165, 1.54) is 0 Å². The van der Waals surface area contributed by atoms with Gasteiger partial charge in [-0.3, -0.25) is 0 Å². The molecule has 0 radical (unpaired) electrons. The highest BCUT2D eigenvalue weighted by Crippen LogP contribution is 2.19. The molecule has 0 aromatic heterocycles. The average molecular weight is 214 g/mol. The summed E-state index contributed by atoms with van der Waals surface area (Å²) < 4.78 is 5.30. The molecule has 4 nitrogen and oxygen atoms in total. The highest BCUT2D eigenvalue weighted by atomic mass is 16.6. The summed E-state index contributed by atoms with van der Waals surface area (Å²) in [4.78, 5) is 11.5. The lowest BCUT2D eigenvalue weighted by molar-refractivity contribution is 0.0581. The summed E-state index contributed by atoms with van der Waals surface area (Å²) in [5.74, 6) is 0. The van der Waals surface area contributed by atoms with Gasteiger partial charge in [-0.05, 0) is 40.0 Å². The molecule has 88 valence electrons. The number of amides is 1. The van der Waals surface area contributed by atoms with Gasteiger partial charge in [0.1, 0.15) is 6.10 Å². The molecule has 3 N–H and O–H groups in total. The Bertz CT molecular complexity index is 223. The first kappa shape index (κ1) is 12.3. The minimum absolute atomic E-state index is 0.00414. The van der Waals surface area contributed by atoms with Crippen molar-refractivity contribution in [3.63, 3.8) is 0 Å². The van der Waals surface area contributed by atoms with Crippen LogP contribution in [0, 0.1) is 0 Å². The Morgan fingerprint density at radius 3 is 2.47 bits per heavy atom. The normalized spacial score (nSPS) is 27.2. The van der Waals surface area contributed by atoms with Crippen molar-refractivity contribution >= 4 is 6.09 Å². The molecule has 1 amide bonds. The van der Waals surface area contributed by atoms with Crippen LogP contribution in [-0.4, -0.2) is 23.8 Å². The minimum atomic E-state index is -0.357. The molecule has 0 aromatic carbocycles. The van der Waals surface area contributed by atoms with Crippen LogP contribution in [0.4, 0.5) is 4.79 Å². The number of hydrogen-bond acceptors (Lipinski definition) is 3. The van der Waals surface area contributed by atoms with Crippen molar-refractivity contribution in [3.05, 3.63) is 0 Å². The van der Waals surface area contributed by atoms with Crippen LogP contribution in [0.25, 0.3) is 0 Å². The number of carbonyl (C=O) groups excluding carboxylic acids is 1. The minimum Gasteiger partial charge on any atom is -0.445 e. The van der Waals surface area contributed by atoms with Crippen LogP contribution >= 0.6 is 0 Å². The second-order valence-electron chi connectivity index (χ2n) is 5.27. The summed E-state index contributed by atoms with van der Waals surface area (Å²) in [6.07, 6.45) is 3.61. The molecule has 1 fully saturated rings. The van der Waals surface area contributed by atoms with Crippen molar-refractivity contribution in [3.8, 4) is 0 Å². The van der Waals surface area contributed by atoms with Crippen LogP contribution in [0.3, 0.4) is 0 Å². The van der Waals surface area contributed by atoms with Crippen LogP contribution in [0.2, 0.25) is 0 Å². The first-order valence-corrected chi connectivity index (χ1v) is 5.63. The first-order valence-electron chi connectivity index (χ1n) is 5.63. The SMILES string of the molecule is CC(C)(C)NC(=O)O[C@@H]1CCCC[C@H]1N. The Hall–Kier alpha value is -0.770. The van der Waals surface area contributed by atoms with Gasteiger partial charge in [0.05, 0.1) is 0 Å². The van der Waals surface area contributed by atoms with Gasteiger partial charge < -0.3 is 15.8 Å². The lowest BCUT2D eigenvalue weighted by Gasteiger charge is -2.29. The second-order valence-corrected chi connectivity index (χ2v) is 5.27. The summed E-state index contributed by atoms with van der Waals surface area (Å²) >= 11 is 0. The highest BCUT2D eigenvalue weighted by Gasteiger charge is 2.26. The first-order chi connectivity index (χ1) is 6.88. The molecule has 0 aliphatic heterocycles. The molecule has 15 heavy (non-hydrogen) atoms. The molecule has 0 spiro atoms. The molecule has 0 bridgehead atoms. The predicted molar refractivity (Wildman–Crippen MR) is 59.6 cm³/mol. The van der Waals surface area contributed by atoms with Crippen LogP contribution in [0.5, 0.6) is 0 Å². The van der Waals surface area contributed by atoms with E-state index >= 15 is 0 Å². The number of nitrogens with one attached hydrogen (secondary N) is 1. The zero-order valence-corrected chi connectivity index (χ0v) is 9.88. The topological polar surface area (TPSA) is 64.3 Å². The van der Waals surface area contributed by atoms with E-state index in [1.807, 2.05) is 20.8 Å². The fourth-order valence-corrected chi connectivity index (χ4v) is 1.74. The van der Waals surface area contributed by atoms with Gasteiger partial charge in [-0.2, -0.15) is 0 Å². The van der Waals surface area contributed by atoms with Crippen molar-refractivity contribution < 1.29 is 9.53 Å². The van der Waals surface area contributed by atoms with Crippen molar-refractivity contribution in [2.45, 2.75) is 64.1 Å². The summed E-state index contributed by atoms with van der Waals surface area (Å²) in [6.45, 7) is 5.78. The van der Waals surface area contributed by atoms with Gasteiger partial charge in [0.2, 0.25) is 0 Å². The van der Waals surface area contributed by atoms with Gasteiger partial charge in [0, 0.05) is 11.6 Å². The van der Waals surface area contributed by atoms with E-state index < -0.39 is 0 Å². The fourth-order valence-electron chi connectivity index (χ4n) is 1.74. The lowest BCUT2D eigenvalue weighted by Crippen LogP contribution is -2.46. The summed E-state index contributed by atoms with van der Waals surface area (Å²) in [6, 6.07) is 0.00414. The summed E-state index contributed by atoms with van der Waals surface area (Å²) in [5, 5.41) is 2.77. The monoisotopic (exact) mass is 214 g/mol. The quantitative estimate of drug-likeness (QED) is 0.699. The zero-order valence-electron chi connectivity index (χ0n) is 9.88. The standard InChI is InChI=1S/C11H22N2O2/c1-11(2,3)13-10(14)15-9-7-5-4-6-8(9)12/h8-9H,4-7,12H2,1-3H3,(H,13,14)/t8-,9-/m1/s1. The van der Waals surface area contributed by atoms with Crippen molar-refractivity contribution in [1.29, 1.82) is 0 Å². The van der Waals surface area contributed by atoms with Gasteiger partial charge in [0.15, 0.2) is 0 Å². The number of nitrogens with two attached hydrogens (primary N) is 1. The van der Waals surface area contributed by atoms with Gasteiger partial charge in [0.25, 0.3) is 0 Å². The molecule has 4 heteroatoms. The maximum atomic E-state index is 11.5. The van der Waals surface area contributed by atoms with Gasteiger partial charge in [-0.1, -0.05) is 6.42 Å². The second kappa shape index (κ2) is 4.84. The maximum absolute atomic E-state index is 11.5. The average Bonchev–Trinajstić information content (AvgIpc) is 2.05. The van der Waals surface area contributed by atoms with Crippen LogP contribution < -0.4 is 11.1 Å². The molecule has 0 unspecified atom stereocenters. The smallest absolute Gasteiger partial charge is 0.407 e. The van der Waals surface area contributed by atoms with E-state index in [4.69, 9.17) is 10.5 Å². The van der Waals surface area contributed by atoms with Crippen LogP contribution in [-0.2, 0) is 4.74 Å². The molecule has 2 atom stereocenters. The van der Waals surface area contributed by atoms with E-state index in [2.05, 4.69) is 5.32 Å². The predicted octanol–water partition coefficient (Wildman–Crippen LogP) is 1.78. The van der Waals surface area contributed by atoms with Crippen LogP contribution in [0.15, 0.2) is 0 Å². The van der Waals surface area contributed by atoms with E-state index in [0.717, 1.165) is 25.7 Å². The Morgan fingerprint density at radius 1 is 1.33 bits per heavy atom. The number of hydrogen-bond donors (Lipinski definition) is 2. The fraction of sp³-hybridized carbons (Fsp3) is 0.909. The zero-order chi connectivity index (χ0) is 11.5. The van der Waals surface area contributed by atoms with Crippen molar-refractivity contribution in [2.24, 2.45) is 5.73 Å². The molecule has 0 saturated heterocycles. The Balaban J connectivity index is 2.36. The Morgan fingerprint density at radius 2 is 1.93 bits per heavy atom. The van der Waals surface area contributed by atoms with Gasteiger partial charge in [-0.25, -0.2) is 4.79 Å². The molecule has 0 heterocycles. The Kier molecular flexibility index (Phi) is 3.97. The number of rotatable bonds is 1. The summed E-state index contributed by atoms with van der Waals surface area (Å²) in [7, 11) is 0. The number of carbonyl (C=O) groups is 1. The van der Waals surface area contributed by atoms with Crippen LogP contribution in [0.1, 0.15) is 46.5 Å². The molecular formula is C11H22N2O2. The number of ether oxygens (including phenoxy) is 1. The van der Waals surface area contributed by atoms with Gasteiger partial charge in [-0.15, -0.1) is 0 Å². The third kappa shape index (κ3) is 4.51. The molecule has 0 aromatic rings. The molecule has 1 rings (SSSR count). The molecule has 1 aliphatic rings. The molecule has 1 saturated carbocycles. The molecule has 1 aliphatic carbocycles. The Labute approximate surface area is 91.5 Å². The molecular weight excluding hydrogens is 192 g/mol. The van der Waals surface area contributed by atoms with Crippen molar-refractivity contribution in [2.75, 3.05) is 0 Å². The number of alkyl carbamates (subject to hydrolysis) is 1. The highest BCUT2D eigenvalue weighted by molar-refractivity contribution is 5.68. The maximum Gasteiger partial charge on any atom is 0.407 e. The third-order valence-corrected chi connectivity index (χ3v) is 2.49. The van der Waals surface area contributed by atoms with E-state index in [9.17, 15) is 4.79 Å². The summed E-state index contributed by atoms with van der Waals surface area (Å²) in [5.41, 5.74) is 5.63. The largest absolute Gasteiger partial charge is 0.445 e. The third-order valence-electron chi connectivity index (χ3n) is 2.49. The van der Waals surface area contributed by atoms with E-state index in [-0.39, 0.29) is 23.8 Å². The van der Waals surface area contributed by atoms with E-state index in [1.54, 1.807) is 0 Å². The van der Waals surface area contributed by atoms with E-state index in [0.29, 0.717) is 0 Å². The lowest BCUT2D eigenvalue weighted by atomic mass is 9.93. The van der Waals surface area contributed by atoms with Gasteiger partial charge >= 0.3 is 6.09 Å². The van der Waals surface area contributed by atoms with Crippen molar-refractivity contribution in [1.82, 2.24) is 5.32 Å².